The van der Waals surface area contributed by atoms with E-state index in [0.717, 1.165) is 6.42 Å². The molecular weight excluding hydrogens is 386 g/mol. The molecule has 0 unspecified atom stereocenters. The van der Waals surface area contributed by atoms with Crippen LogP contribution in [0.25, 0.3) is 22.4 Å². The number of ether oxygens (including phenoxy) is 1. The maximum atomic E-state index is 12.7. The summed E-state index contributed by atoms with van der Waals surface area (Å²) in [4.78, 5) is 26.2. The van der Waals surface area contributed by atoms with Crippen molar-refractivity contribution in [1.29, 1.82) is 0 Å². The molecule has 2 heterocycles. The highest BCUT2D eigenvalue weighted by atomic mass is 16.5. The zero-order valence-corrected chi connectivity index (χ0v) is 17.6. The summed E-state index contributed by atoms with van der Waals surface area (Å²) < 4.78 is 7.39. The summed E-state index contributed by atoms with van der Waals surface area (Å²) in [5, 5.41) is 13.4. The second kappa shape index (κ2) is 8.95. The number of aromatic amines is 1. The number of H-pyrrole nitrogens is 1. The molecule has 1 aromatic carbocycles. The first kappa shape index (κ1) is 21.3. The number of nitrogens with one attached hydrogen (secondary N) is 1. The third-order valence-electron chi connectivity index (χ3n) is 4.61. The van der Waals surface area contributed by atoms with Crippen LogP contribution < -0.4 is 16.0 Å². The molecule has 0 saturated heterocycles. The number of guanidine groups is 1. The topological polar surface area (TPSA) is 135 Å². The lowest BCUT2D eigenvalue weighted by molar-refractivity contribution is 0.263. The summed E-state index contributed by atoms with van der Waals surface area (Å²) in [5.74, 6) is 1.22. The lowest BCUT2D eigenvalue weighted by atomic mass is 10.1. The van der Waals surface area contributed by atoms with Gasteiger partial charge < -0.3 is 25.5 Å². The van der Waals surface area contributed by atoms with Gasteiger partial charge in [-0.1, -0.05) is 6.92 Å². The highest BCUT2D eigenvalue weighted by Gasteiger charge is 2.16. The van der Waals surface area contributed by atoms with Gasteiger partial charge in [0.1, 0.15) is 17.1 Å². The number of aryl methyl sites for hydroxylation is 2. The van der Waals surface area contributed by atoms with Crippen molar-refractivity contribution in [1.82, 2.24) is 24.6 Å². The molecule has 0 aliphatic rings. The first-order valence-electron chi connectivity index (χ1n) is 9.72. The zero-order chi connectivity index (χ0) is 21.8. The molecule has 10 nitrogen and oxygen atoms in total. The largest absolute Gasteiger partial charge is 0.493 e. The summed E-state index contributed by atoms with van der Waals surface area (Å²) in [5.41, 5.74) is 8.52. The van der Waals surface area contributed by atoms with Crippen molar-refractivity contribution in [3.63, 3.8) is 0 Å². The van der Waals surface area contributed by atoms with Crippen molar-refractivity contribution in [2.45, 2.75) is 20.3 Å². The Bertz CT molecular complexity index is 1130. The first-order valence-corrected chi connectivity index (χ1v) is 9.72. The number of aromatic nitrogens is 4. The molecule has 0 aliphatic heterocycles. The van der Waals surface area contributed by atoms with Crippen LogP contribution in [0.5, 0.6) is 5.75 Å². The maximum Gasteiger partial charge on any atom is 0.277 e. The molecular formula is C20H27N7O3. The monoisotopic (exact) mass is 413 g/mol. The summed E-state index contributed by atoms with van der Waals surface area (Å²) in [7, 11) is 3.45. The van der Waals surface area contributed by atoms with E-state index in [1.54, 1.807) is 37.2 Å². The van der Waals surface area contributed by atoms with Crippen molar-refractivity contribution in [2.75, 3.05) is 26.8 Å². The number of benzene rings is 1. The van der Waals surface area contributed by atoms with Gasteiger partial charge in [-0.05, 0) is 31.5 Å². The molecule has 0 spiro atoms. The fourth-order valence-electron chi connectivity index (χ4n) is 3.06. The minimum atomic E-state index is -0.282. The molecule has 0 amide bonds. The molecule has 0 bridgehead atoms. The lowest BCUT2D eigenvalue weighted by Crippen LogP contribution is -2.35. The normalized spacial score (nSPS) is 11.8. The number of nitrogens with two attached hydrogens (primary N) is 1. The van der Waals surface area contributed by atoms with Crippen LogP contribution in [0.4, 0.5) is 5.69 Å². The molecule has 30 heavy (non-hydrogen) atoms. The minimum absolute atomic E-state index is 0.0304. The summed E-state index contributed by atoms with van der Waals surface area (Å²) >= 11 is 0. The molecule has 0 saturated carbocycles. The van der Waals surface area contributed by atoms with E-state index in [1.807, 2.05) is 13.8 Å². The van der Waals surface area contributed by atoms with Crippen molar-refractivity contribution >= 4 is 22.7 Å². The van der Waals surface area contributed by atoms with E-state index in [1.165, 1.54) is 4.68 Å². The summed E-state index contributed by atoms with van der Waals surface area (Å²) in [6.07, 6.45) is 0.836. The Morgan fingerprint density at radius 2 is 2.20 bits per heavy atom. The Morgan fingerprint density at radius 3 is 2.90 bits per heavy atom. The zero-order valence-electron chi connectivity index (χ0n) is 17.6. The number of hydrogen-bond donors (Lipinski definition) is 3. The highest BCUT2D eigenvalue weighted by molar-refractivity contribution is 5.83. The fraction of sp³-hybridized carbons (Fsp3) is 0.400. The van der Waals surface area contributed by atoms with Gasteiger partial charge in [0.05, 0.1) is 30.2 Å². The van der Waals surface area contributed by atoms with E-state index < -0.39 is 0 Å². The van der Waals surface area contributed by atoms with Gasteiger partial charge in [-0.2, -0.15) is 5.10 Å². The van der Waals surface area contributed by atoms with Crippen molar-refractivity contribution in [2.24, 2.45) is 17.8 Å². The van der Waals surface area contributed by atoms with Crippen LogP contribution >= 0.6 is 0 Å². The number of aliphatic hydroxyl groups is 1. The third kappa shape index (κ3) is 4.28. The van der Waals surface area contributed by atoms with Gasteiger partial charge in [0.2, 0.25) is 0 Å². The molecule has 10 heteroatoms. The predicted molar refractivity (Wildman–Crippen MR) is 116 cm³/mol. The van der Waals surface area contributed by atoms with Gasteiger partial charge in [-0.3, -0.25) is 9.48 Å². The average molecular weight is 413 g/mol. The summed E-state index contributed by atoms with van der Waals surface area (Å²) in [6.45, 7) is 4.69. The van der Waals surface area contributed by atoms with Gasteiger partial charge in [0.25, 0.3) is 5.56 Å². The van der Waals surface area contributed by atoms with Crippen LogP contribution in [-0.4, -0.2) is 62.5 Å². The van der Waals surface area contributed by atoms with E-state index in [4.69, 9.17) is 15.6 Å². The van der Waals surface area contributed by atoms with Gasteiger partial charge in [0.15, 0.2) is 11.5 Å². The minimum Gasteiger partial charge on any atom is -0.493 e. The van der Waals surface area contributed by atoms with E-state index in [9.17, 15) is 4.79 Å². The Labute approximate surface area is 174 Å². The Hall–Kier alpha value is -3.40. The smallest absolute Gasteiger partial charge is 0.277 e. The molecule has 3 rings (SSSR count). The molecule has 0 atom stereocenters. The average Bonchev–Trinajstić information content (AvgIpc) is 3.01. The van der Waals surface area contributed by atoms with Crippen LogP contribution in [0.2, 0.25) is 0 Å². The van der Waals surface area contributed by atoms with E-state index in [2.05, 4.69) is 20.1 Å². The number of rotatable bonds is 7. The van der Waals surface area contributed by atoms with Gasteiger partial charge in [-0.25, -0.2) is 9.98 Å². The SMILES string of the molecule is CCCOc1ccc(N=C(N)N(C)CCO)cc1-c1nc2c(C)nn(C)c2c(=O)[nH]1. The van der Waals surface area contributed by atoms with Gasteiger partial charge in [-0.15, -0.1) is 0 Å². The fourth-order valence-corrected chi connectivity index (χ4v) is 3.06. The Morgan fingerprint density at radius 1 is 1.43 bits per heavy atom. The molecule has 0 radical (unpaired) electrons. The second-order valence-corrected chi connectivity index (χ2v) is 6.96. The quantitative estimate of drug-likeness (QED) is 0.392. The van der Waals surface area contributed by atoms with E-state index in [-0.39, 0.29) is 18.1 Å². The number of aliphatic imine (C=N–C) groups is 1. The Balaban J connectivity index is 2.14. The number of hydrogen-bond acceptors (Lipinski definition) is 6. The highest BCUT2D eigenvalue weighted by Crippen LogP contribution is 2.32. The van der Waals surface area contributed by atoms with Crippen molar-refractivity contribution in [3.05, 3.63) is 34.2 Å². The van der Waals surface area contributed by atoms with Gasteiger partial charge in [0, 0.05) is 20.6 Å². The molecule has 160 valence electrons. The van der Waals surface area contributed by atoms with Crippen LogP contribution in [0, 0.1) is 6.92 Å². The number of aliphatic hydroxyl groups excluding tert-OH is 1. The standard InChI is InChI=1S/C20H27N7O3/c1-5-10-30-15-7-6-13(22-20(21)26(3)8-9-28)11-14(15)18-23-16-12(2)25-27(4)17(16)19(29)24-18/h6-7,11,28H,5,8-10H2,1-4H3,(H2,21,22)(H,23,24,29). The lowest BCUT2D eigenvalue weighted by Gasteiger charge is -2.16. The van der Waals surface area contributed by atoms with Gasteiger partial charge >= 0.3 is 0 Å². The van der Waals surface area contributed by atoms with Crippen LogP contribution in [-0.2, 0) is 7.05 Å². The maximum absolute atomic E-state index is 12.7. The first-order chi connectivity index (χ1) is 14.3. The second-order valence-electron chi connectivity index (χ2n) is 6.96. The molecule has 2 aromatic heterocycles. The third-order valence-corrected chi connectivity index (χ3v) is 4.61. The number of nitrogens with zero attached hydrogens (tertiary/aromatic N) is 5. The molecule has 3 aromatic rings. The van der Waals surface area contributed by atoms with Crippen molar-refractivity contribution < 1.29 is 9.84 Å². The number of likely N-dealkylation sites (N-methyl/N-ethyl adjacent to an activating group) is 1. The van der Waals surface area contributed by atoms with Crippen LogP contribution in [0.1, 0.15) is 19.0 Å². The molecule has 0 fully saturated rings. The summed E-state index contributed by atoms with van der Waals surface area (Å²) in [6, 6.07) is 5.32. The molecule has 0 aliphatic carbocycles. The van der Waals surface area contributed by atoms with Crippen molar-refractivity contribution in [3.8, 4) is 17.1 Å². The number of fused-ring (bicyclic) bond motifs is 1. The molecule has 4 N–H and O–H groups in total. The van der Waals surface area contributed by atoms with Crippen LogP contribution in [0.15, 0.2) is 28.0 Å². The predicted octanol–water partition coefficient (Wildman–Crippen LogP) is 1.29. The Kier molecular flexibility index (Phi) is 6.36. The van der Waals surface area contributed by atoms with Crippen LogP contribution in [0.3, 0.4) is 0 Å². The van der Waals surface area contributed by atoms with E-state index in [0.29, 0.717) is 52.7 Å². The van der Waals surface area contributed by atoms with E-state index >= 15 is 0 Å².